The Morgan fingerprint density at radius 3 is 2.88 bits per heavy atom. The van der Waals surface area contributed by atoms with Gasteiger partial charge in [-0.3, -0.25) is 0 Å². The molecule has 1 aromatic heterocycles. The molecule has 0 atom stereocenters. The first-order valence-electron chi connectivity index (χ1n) is 5.31. The predicted octanol–water partition coefficient (Wildman–Crippen LogP) is 1.35. The summed E-state index contributed by atoms with van der Waals surface area (Å²) in [6.07, 6.45) is 0. The summed E-state index contributed by atoms with van der Waals surface area (Å²) in [5.41, 5.74) is 1.25. The number of carbonyl (C=O) groups is 1. The zero-order chi connectivity index (χ0) is 12.4. The van der Waals surface area contributed by atoms with E-state index in [0.717, 1.165) is 0 Å². The van der Waals surface area contributed by atoms with Crippen molar-refractivity contribution in [3.8, 4) is 0 Å². The Kier molecular flexibility index (Phi) is 2.91. The molecular weight excluding hydrogens is 220 g/mol. The van der Waals surface area contributed by atoms with Crippen molar-refractivity contribution in [3.05, 3.63) is 40.9 Å². The normalized spacial score (nSPS) is 10.5. The third kappa shape index (κ3) is 1.91. The van der Waals surface area contributed by atoms with Crippen LogP contribution in [-0.4, -0.2) is 17.6 Å². The molecule has 0 amide bonds. The molecule has 0 fully saturated rings. The summed E-state index contributed by atoms with van der Waals surface area (Å²) in [5, 5.41) is 12.0. The molecular formula is C12H12N2O3. The van der Waals surface area contributed by atoms with E-state index in [4.69, 9.17) is 4.74 Å². The Balaban J connectivity index is 2.67. The van der Waals surface area contributed by atoms with Crippen molar-refractivity contribution in [2.45, 2.75) is 13.8 Å². The standard InChI is InChI=1S/C12H12N2O3/c1-3-17-12(15)11-8(2)13-9-6-4-5-7-10(9)14(11)16/h4-7H,3H2,1-2H3. The Bertz CT molecular complexity index is 581. The predicted molar refractivity (Wildman–Crippen MR) is 61.4 cm³/mol. The van der Waals surface area contributed by atoms with Gasteiger partial charge in [0.15, 0.2) is 0 Å². The Morgan fingerprint density at radius 2 is 2.18 bits per heavy atom. The van der Waals surface area contributed by atoms with Crippen LogP contribution in [0.5, 0.6) is 0 Å². The molecule has 0 unspecified atom stereocenters. The first-order valence-corrected chi connectivity index (χ1v) is 5.31. The van der Waals surface area contributed by atoms with Gasteiger partial charge in [-0.15, -0.1) is 0 Å². The monoisotopic (exact) mass is 232 g/mol. The van der Waals surface area contributed by atoms with Gasteiger partial charge in [-0.05, 0) is 19.9 Å². The van der Waals surface area contributed by atoms with Gasteiger partial charge in [0.05, 0.1) is 6.61 Å². The number of para-hydroxylation sites is 2. The van der Waals surface area contributed by atoms with E-state index in [1.54, 1.807) is 38.1 Å². The molecule has 17 heavy (non-hydrogen) atoms. The van der Waals surface area contributed by atoms with Crippen LogP contribution < -0.4 is 4.73 Å². The minimum absolute atomic E-state index is 0.0504. The average Bonchev–Trinajstić information content (AvgIpc) is 2.29. The number of esters is 1. The van der Waals surface area contributed by atoms with Crippen molar-refractivity contribution in [2.24, 2.45) is 0 Å². The van der Waals surface area contributed by atoms with Crippen molar-refractivity contribution < 1.29 is 14.3 Å². The minimum Gasteiger partial charge on any atom is -0.618 e. The van der Waals surface area contributed by atoms with E-state index in [1.165, 1.54) is 0 Å². The summed E-state index contributed by atoms with van der Waals surface area (Å²) in [7, 11) is 0. The van der Waals surface area contributed by atoms with Gasteiger partial charge in [0.2, 0.25) is 5.52 Å². The quantitative estimate of drug-likeness (QED) is 0.445. The molecule has 0 saturated carbocycles. The third-order valence-electron chi connectivity index (χ3n) is 2.40. The number of hydrogen-bond donors (Lipinski definition) is 0. The molecule has 88 valence electrons. The zero-order valence-electron chi connectivity index (χ0n) is 9.64. The molecule has 0 spiro atoms. The summed E-state index contributed by atoms with van der Waals surface area (Å²) in [4.78, 5) is 15.9. The highest BCUT2D eigenvalue weighted by molar-refractivity contribution is 5.88. The van der Waals surface area contributed by atoms with E-state index in [0.29, 0.717) is 21.5 Å². The molecule has 0 radical (unpaired) electrons. The third-order valence-corrected chi connectivity index (χ3v) is 2.40. The van der Waals surface area contributed by atoms with Crippen molar-refractivity contribution in [1.29, 1.82) is 0 Å². The number of fused-ring (bicyclic) bond motifs is 1. The lowest BCUT2D eigenvalue weighted by Gasteiger charge is -2.08. The van der Waals surface area contributed by atoms with Crippen molar-refractivity contribution in [1.82, 2.24) is 4.98 Å². The fraction of sp³-hybridized carbons (Fsp3) is 0.250. The smallest absolute Gasteiger partial charge is 0.407 e. The van der Waals surface area contributed by atoms with E-state index in [-0.39, 0.29) is 12.3 Å². The molecule has 0 N–H and O–H groups in total. The van der Waals surface area contributed by atoms with Crippen LogP contribution in [-0.2, 0) is 4.74 Å². The Labute approximate surface area is 98.2 Å². The summed E-state index contributed by atoms with van der Waals surface area (Å²) in [6.45, 7) is 3.54. The van der Waals surface area contributed by atoms with Gasteiger partial charge in [0.1, 0.15) is 11.2 Å². The zero-order valence-corrected chi connectivity index (χ0v) is 9.64. The first kappa shape index (κ1) is 11.3. The minimum atomic E-state index is -0.641. The van der Waals surface area contributed by atoms with Crippen LogP contribution in [0, 0.1) is 12.1 Å². The van der Waals surface area contributed by atoms with Gasteiger partial charge in [-0.1, -0.05) is 12.1 Å². The molecule has 1 aromatic carbocycles. The fourth-order valence-corrected chi connectivity index (χ4v) is 1.66. The maximum absolute atomic E-state index is 12.0. The summed E-state index contributed by atoms with van der Waals surface area (Å²) in [6, 6.07) is 6.87. The van der Waals surface area contributed by atoms with Crippen LogP contribution in [0.25, 0.3) is 11.0 Å². The van der Waals surface area contributed by atoms with Gasteiger partial charge in [-0.25, -0.2) is 9.78 Å². The maximum atomic E-state index is 12.0. The largest absolute Gasteiger partial charge is 0.618 e. The fourth-order valence-electron chi connectivity index (χ4n) is 1.66. The maximum Gasteiger partial charge on any atom is 0.407 e. The molecule has 0 saturated heterocycles. The van der Waals surface area contributed by atoms with Crippen LogP contribution in [0.15, 0.2) is 24.3 Å². The molecule has 5 heteroatoms. The number of rotatable bonds is 2. The highest BCUT2D eigenvalue weighted by Crippen LogP contribution is 2.11. The SMILES string of the molecule is CCOC(=O)c1c(C)nc2ccccc2[n+]1[O-]. The molecule has 5 nitrogen and oxygen atoms in total. The number of hydrogen-bond acceptors (Lipinski definition) is 4. The molecule has 2 rings (SSSR count). The van der Waals surface area contributed by atoms with Gasteiger partial charge in [0.25, 0.3) is 0 Å². The molecule has 0 aliphatic heterocycles. The molecule has 2 aromatic rings. The van der Waals surface area contributed by atoms with E-state index >= 15 is 0 Å². The average molecular weight is 232 g/mol. The first-order chi connectivity index (χ1) is 8.15. The van der Waals surface area contributed by atoms with E-state index in [2.05, 4.69) is 4.98 Å². The molecule has 1 heterocycles. The summed E-state index contributed by atoms with van der Waals surface area (Å²) in [5.74, 6) is -0.641. The lowest BCUT2D eigenvalue weighted by molar-refractivity contribution is -0.581. The van der Waals surface area contributed by atoms with Gasteiger partial charge >= 0.3 is 11.7 Å². The van der Waals surface area contributed by atoms with E-state index in [9.17, 15) is 10.0 Å². The summed E-state index contributed by atoms with van der Waals surface area (Å²) >= 11 is 0. The summed E-state index contributed by atoms with van der Waals surface area (Å²) < 4.78 is 5.42. The van der Waals surface area contributed by atoms with Gasteiger partial charge in [0, 0.05) is 6.07 Å². The van der Waals surface area contributed by atoms with E-state index in [1.807, 2.05) is 0 Å². The molecule has 0 aliphatic rings. The van der Waals surface area contributed by atoms with Crippen LogP contribution in [0.4, 0.5) is 0 Å². The molecule has 0 bridgehead atoms. The van der Waals surface area contributed by atoms with E-state index < -0.39 is 5.97 Å². The van der Waals surface area contributed by atoms with Crippen molar-refractivity contribution >= 4 is 17.0 Å². The van der Waals surface area contributed by atoms with Gasteiger partial charge in [-0.2, -0.15) is 4.73 Å². The van der Waals surface area contributed by atoms with Gasteiger partial charge < -0.3 is 9.94 Å². The second-order valence-electron chi connectivity index (χ2n) is 3.55. The second kappa shape index (κ2) is 4.37. The molecule has 0 aliphatic carbocycles. The highest BCUT2D eigenvalue weighted by atomic mass is 16.5. The van der Waals surface area contributed by atoms with Crippen LogP contribution >= 0.6 is 0 Å². The van der Waals surface area contributed by atoms with Crippen LogP contribution in [0.1, 0.15) is 23.1 Å². The Morgan fingerprint density at radius 1 is 1.47 bits per heavy atom. The lowest BCUT2D eigenvalue weighted by Crippen LogP contribution is -2.38. The van der Waals surface area contributed by atoms with Crippen LogP contribution in [0.2, 0.25) is 0 Å². The number of benzene rings is 1. The van der Waals surface area contributed by atoms with Crippen molar-refractivity contribution in [3.63, 3.8) is 0 Å². The number of carbonyl (C=O) groups excluding carboxylic acids is 1. The topological polar surface area (TPSA) is 66.1 Å². The second-order valence-corrected chi connectivity index (χ2v) is 3.55. The Hall–Kier alpha value is -2.17. The van der Waals surface area contributed by atoms with Crippen molar-refractivity contribution in [2.75, 3.05) is 6.61 Å². The number of aryl methyl sites for hydroxylation is 1. The lowest BCUT2D eigenvalue weighted by atomic mass is 10.2. The number of aromatic nitrogens is 2. The number of ether oxygens (including phenoxy) is 1. The highest BCUT2D eigenvalue weighted by Gasteiger charge is 2.24. The number of nitrogens with zero attached hydrogens (tertiary/aromatic N) is 2. The van der Waals surface area contributed by atoms with Crippen LogP contribution in [0.3, 0.4) is 0 Å².